The largest absolute Gasteiger partial charge is 0.497 e. The minimum absolute atomic E-state index is 0.0329. The summed E-state index contributed by atoms with van der Waals surface area (Å²) in [6.07, 6.45) is -3.81. The number of nitrogens with one attached hydrogen (secondary N) is 2. The van der Waals surface area contributed by atoms with Crippen LogP contribution in [0.4, 0.5) is 13.2 Å². The molecule has 2 N–H and O–H groups in total. The van der Waals surface area contributed by atoms with Gasteiger partial charge in [-0.05, 0) is 41.8 Å². The summed E-state index contributed by atoms with van der Waals surface area (Å²) in [6, 6.07) is 9.51. The van der Waals surface area contributed by atoms with Crippen LogP contribution in [0.25, 0.3) is 0 Å². The van der Waals surface area contributed by atoms with E-state index in [4.69, 9.17) is 14.2 Å². The molecule has 0 aliphatic heterocycles. The van der Waals surface area contributed by atoms with Gasteiger partial charge < -0.3 is 24.8 Å². The van der Waals surface area contributed by atoms with Crippen LogP contribution in [0.2, 0.25) is 0 Å². The highest BCUT2D eigenvalue weighted by atomic mass is 19.4. The first-order valence-corrected chi connectivity index (χ1v) is 9.22. The average Bonchev–Trinajstić information content (AvgIpc) is 2.75. The minimum atomic E-state index is -4.48. The second kappa shape index (κ2) is 10.6. The number of ether oxygens (including phenoxy) is 3. The number of rotatable bonds is 8. The molecule has 0 aliphatic carbocycles. The zero-order chi connectivity index (χ0) is 22.1. The maximum atomic E-state index is 13.3. The minimum Gasteiger partial charge on any atom is -0.497 e. The quantitative estimate of drug-likeness (QED) is 0.500. The molecule has 0 bridgehead atoms. The van der Waals surface area contributed by atoms with Gasteiger partial charge in [0.1, 0.15) is 5.75 Å². The lowest BCUT2D eigenvalue weighted by Crippen LogP contribution is -2.38. The van der Waals surface area contributed by atoms with Gasteiger partial charge in [-0.25, -0.2) is 0 Å². The van der Waals surface area contributed by atoms with E-state index < -0.39 is 11.7 Å². The Labute approximate surface area is 174 Å². The molecule has 2 rings (SSSR count). The topological polar surface area (TPSA) is 64.1 Å². The Balaban J connectivity index is 1.96. The number of benzene rings is 2. The summed E-state index contributed by atoms with van der Waals surface area (Å²) in [7, 11) is 6.03. The van der Waals surface area contributed by atoms with E-state index in [1.165, 1.54) is 19.2 Å². The lowest BCUT2D eigenvalue weighted by molar-refractivity contribution is -0.138. The molecule has 9 heteroatoms. The lowest BCUT2D eigenvalue weighted by Gasteiger charge is -2.17. The molecule has 2 aromatic rings. The van der Waals surface area contributed by atoms with Crippen molar-refractivity contribution < 1.29 is 27.4 Å². The van der Waals surface area contributed by atoms with Gasteiger partial charge in [0.05, 0.1) is 26.9 Å². The Morgan fingerprint density at radius 1 is 0.933 bits per heavy atom. The molecule has 0 amide bonds. The molecule has 0 atom stereocenters. The smallest absolute Gasteiger partial charge is 0.416 e. The SMILES string of the molecule is CN=C(NCCc1ccc(OC)c(OC)c1)NCc1ccc(OC)cc1C(F)(F)F. The molecule has 2 aromatic carbocycles. The molecule has 30 heavy (non-hydrogen) atoms. The molecule has 164 valence electrons. The second-order valence-electron chi connectivity index (χ2n) is 6.31. The molecule has 0 fully saturated rings. The van der Waals surface area contributed by atoms with E-state index in [1.807, 2.05) is 18.2 Å². The summed E-state index contributed by atoms with van der Waals surface area (Å²) in [5.41, 5.74) is 0.381. The van der Waals surface area contributed by atoms with E-state index in [0.29, 0.717) is 30.4 Å². The van der Waals surface area contributed by atoms with Crippen LogP contribution in [0.15, 0.2) is 41.4 Å². The van der Waals surface area contributed by atoms with Crippen LogP contribution in [-0.2, 0) is 19.1 Å². The molecule has 0 aliphatic rings. The van der Waals surface area contributed by atoms with Gasteiger partial charge in [0.2, 0.25) is 0 Å². The zero-order valence-corrected chi connectivity index (χ0v) is 17.4. The highest BCUT2D eigenvalue weighted by Gasteiger charge is 2.33. The lowest BCUT2D eigenvalue weighted by atomic mass is 10.1. The maximum Gasteiger partial charge on any atom is 0.416 e. The third-order valence-corrected chi connectivity index (χ3v) is 4.45. The zero-order valence-electron chi connectivity index (χ0n) is 17.4. The molecule has 6 nitrogen and oxygen atoms in total. The standard InChI is InChI=1S/C21H26F3N3O3/c1-25-20(26-10-9-14-5-8-18(29-3)19(11-14)30-4)27-13-15-6-7-16(28-2)12-17(15)21(22,23)24/h5-8,11-12H,9-10,13H2,1-4H3,(H2,25,26,27). The highest BCUT2D eigenvalue weighted by molar-refractivity contribution is 5.79. The molecule has 0 heterocycles. The van der Waals surface area contributed by atoms with Gasteiger partial charge in [0.15, 0.2) is 17.5 Å². The van der Waals surface area contributed by atoms with Crippen molar-refractivity contribution in [2.24, 2.45) is 4.99 Å². The van der Waals surface area contributed by atoms with Crippen molar-refractivity contribution in [2.45, 2.75) is 19.1 Å². The first-order valence-electron chi connectivity index (χ1n) is 9.22. The third-order valence-electron chi connectivity index (χ3n) is 4.45. The fourth-order valence-corrected chi connectivity index (χ4v) is 2.86. The van der Waals surface area contributed by atoms with E-state index in [2.05, 4.69) is 15.6 Å². The van der Waals surface area contributed by atoms with Crippen molar-refractivity contribution in [3.05, 3.63) is 53.1 Å². The van der Waals surface area contributed by atoms with E-state index in [0.717, 1.165) is 11.6 Å². The predicted molar refractivity (Wildman–Crippen MR) is 109 cm³/mol. The van der Waals surface area contributed by atoms with Crippen molar-refractivity contribution in [2.75, 3.05) is 34.9 Å². The van der Waals surface area contributed by atoms with Gasteiger partial charge in [-0.2, -0.15) is 13.2 Å². The first kappa shape index (κ1) is 23.2. The molecule has 0 saturated carbocycles. The molecule has 0 spiro atoms. The van der Waals surface area contributed by atoms with Gasteiger partial charge >= 0.3 is 6.18 Å². The van der Waals surface area contributed by atoms with Gasteiger partial charge in [0.25, 0.3) is 0 Å². The normalized spacial score (nSPS) is 11.8. The monoisotopic (exact) mass is 425 g/mol. The first-order chi connectivity index (χ1) is 14.3. The summed E-state index contributed by atoms with van der Waals surface area (Å²) in [5, 5.41) is 6.01. The van der Waals surface area contributed by atoms with Gasteiger partial charge in [-0.3, -0.25) is 4.99 Å². The third kappa shape index (κ3) is 6.20. The Morgan fingerprint density at radius 2 is 1.67 bits per heavy atom. The van der Waals surface area contributed by atoms with Gasteiger partial charge in [-0.15, -0.1) is 0 Å². The molecule has 0 radical (unpaired) electrons. The van der Waals surface area contributed by atoms with Crippen LogP contribution >= 0.6 is 0 Å². The van der Waals surface area contributed by atoms with E-state index in [-0.39, 0.29) is 17.9 Å². The number of methoxy groups -OCH3 is 3. The van der Waals surface area contributed by atoms with Crippen molar-refractivity contribution in [3.63, 3.8) is 0 Å². The summed E-state index contributed by atoms with van der Waals surface area (Å²) < 4.78 is 55.4. The van der Waals surface area contributed by atoms with Crippen LogP contribution < -0.4 is 24.8 Å². The number of nitrogens with zero attached hydrogens (tertiary/aromatic N) is 1. The van der Waals surface area contributed by atoms with Crippen LogP contribution in [0.5, 0.6) is 17.2 Å². The van der Waals surface area contributed by atoms with Gasteiger partial charge in [0, 0.05) is 20.1 Å². The Morgan fingerprint density at radius 3 is 2.27 bits per heavy atom. The van der Waals surface area contributed by atoms with Crippen LogP contribution in [0.3, 0.4) is 0 Å². The highest BCUT2D eigenvalue weighted by Crippen LogP contribution is 2.34. The molecule has 0 unspecified atom stereocenters. The van der Waals surface area contributed by atoms with E-state index >= 15 is 0 Å². The Kier molecular flexibility index (Phi) is 8.20. The van der Waals surface area contributed by atoms with Crippen molar-refractivity contribution in [3.8, 4) is 17.2 Å². The van der Waals surface area contributed by atoms with Crippen molar-refractivity contribution >= 4 is 5.96 Å². The van der Waals surface area contributed by atoms with E-state index in [1.54, 1.807) is 21.3 Å². The van der Waals surface area contributed by atoms with Crippen LogP contribution in [-0.4, -0.2) is 40.9 Å². The Hall–Kier alpha value is -3.10. The Bertz CT molecular complexity index is 870. The maximum absolute atomic E-state index is 13.3. The summed E-state index contributed by atoms with van der Waals surface area (Å²) in [6.45, 7) is 0.499. The number of halogens is 3. The molecule has 0 aromatic heterocycles. The summed E-state index contributed by atoms with van der Waals surface area (Å²) in [4.78, 5) is 4.06. The van der Waals surface area contributed by atoms with E-state index in [9.17, 15) is 13.2 Å². The van der Waals surface area contributed by atoms with Crippen LogP contribution in [0.1, 0.15) is 16.7 Å². The van der Waals surface area contributed by atoms with Gasteiger partial charge in [-0.1, -0.05) is 12.1 Å². The number of hydrogen-bond donors (Lipinski definition) is 2. The summed E-state index contributed by atoms with van der Waals surface area (Å²) >= 11 is 0. The second-order valence-corrected chi connectivity index (χ2v) is 6.31. The van der Waals surface area contributed by atoms with Crippen molar-refractivity contribution in [1.29, 1.82) is 0 Å². The number of aliphatic imine (C=N–C) groups is 1. The predicted octanol–water partition coefficient (Wildman–Crippen LogP) is 3.64. The summed E-state index contributed by atoms with van der Waals surface area (Å²) in [5.74, 6) is 1.84. The fraction of sp³-hybridized carbons (Fsp3) is 0.381. The van der Waals surface area contributed by atoms with Crippen LogP contribution in [0, 0.1) is 0 Å². The molecular formula is C21H26F3N3O3. The number of hydrogen-bond acceptors (Lipinski definition) is 4. The number of alkyl halides is 3. The molecular weight excluding hydrogens is 399 g/mol. The average molecular weight is 425 g/mol. The molecule has 0 saturated heterocycles. The number of guanidine groups is 1. The van der Waals surface area contributed by atoms with Crippen molar-refractivity contribution in [1.82, 2.24) is 10.6 Å². The fourth-order valence-electron chi connectivity index (χ4n) is 2.86.